The number of carbonyl (C=O) groups excluding carboxylic acids is 1. The van der Waals surface area contributed by atoms with E-state index in [1.54, 1.807) is 24.3 Å². The molecule has 5 nitrogen and oxygen atoms in total. The van der Waals surface area contributed by atoms with Gasteiger partial charge in [0, 0.05) is 5.38 Å². The van der Waals surface area contributed by atoms with Crippen LogP contribution in [0.15, 0.2) is 40.6 Å². The maximum Gasteiger partial charge on any atom is 0.336 e. The van der Waals surface area contributed by atoms with Gasteiger partial charge in [-0.15, -0.1) is 11.3 Å². The molecule has 1 aliphatic heterocycles. The summed E-state index contributed by atoms with van der Waals surface area (Å²) >= 11 is 6.96. The molecule has 2 amide bonds. The van der Waals surface area contributed by atoms with Crippen LogP contribution in [0, 0.1) is 0 Å². The summed E-state index contributed by atoms with van der Waals surface area (Å²) in [6.45, 7) is -0.0120. The summed E-state index contributed by atoms with van der Waals surface area (Å²) in [6, 6.07) is 8.23. The molecule has 1 aromatic carbocycles. The topological polar surface area (TPSA) is 66.5 Å². The molecule has 3 rings (SSSR count). The predicted octanol–water partition coefficient (Wildman–Crippen LogP) is 3.14. The van der Waals surface area contributed by atoms with Crippen LogP contribution in [0.3, 0.4) is 0 Å². The lowest BCUT2D eigenvalue weighted by atomic mass is 10.2. The number of anilines is 1. The fourth-order valence-corrected chi connectivity index (χ4v) is 4.80. The Morgan fingerprint density at radius 2 is 1.95 bits per heavy atom. The molecular weight excluding hydrogens is 320 g/mol. The summed E-state index contributed by atoms with van der Waals surface area (Å²) in [5.74, 6) is 0. The number of nitrogens with zero attached hydrogens (tertiary/aromatic N) is 1. The van der Waals surface area contributed by atoms with Gasteiger partial charge in [0.2, 0.25) is 0 Å². The van der Waals surface area contributed by atoms with Crippen molar-refractivity contribution in [2.24, 2.45) is 0 Å². The second-order valence-corrected chi connectivity index (χ2v) is 7.49. The summed E-state index contributed by atoms with van der Waals surface area (Å²) in [4.78, 5) is 12.1. The molecule has 2 aromatic rings. The number of carbonyl (C=O) groups is 1. The summed E-state index contributed by atoms with van der Waals surface area (Å²) in [5.41, 5.74) is 0.905. The minimum Gasteiger partial charge on any atom is -0.304 e. The van der Waals surface area contributed by atoms with E-state index in [0.717, 1.165) is 21.2 Å². The smallest absolute Gasteiger partial charge is 0.304 e. The second kappa shape index (κ2) is 4.76. The zero-order valence-electron chi connectivity index (χ0n) is 10.0. The molecule has 0 radical (unpaired) electrons. The third-order valence-electron chi connectivity index (χ3n) is 2.91. The zero-order chi connectivity index (χ0) is 14.3. The highest BCUT2D eigenvalue weighted by molar-refractivity contribution is 7.90. The molecule has 8 heteroatoms. The van der Waals surface area contributed by atoms with Gasteiger partial charge in [-0.25, -0.2) is 17.5 Å². The molecule has 0 aliphatic carbocycles. The molecule has 0 atom stereocenters. The van der Waals surface area contributed by atoms with Crippen LogP contribution in [0.25, 0.3) is 0 Å². The fourth-order valence-electron chi connectivity index (χ4n) is 1.92. The van der Waals surface area contributed by atoms with Crippen molar-refractivity contribution in [2.75, 3.05) is 5.32 Å². The van der Waals surface area contributed by atoms with E-state index in [0.29, 0.717) is 0 Å². The Balaban J connectivity index is 2.03. The van der Waals surface area contributed by atoms with Crippen molar-refractivity contribution in [3.63, 3.8) is 0 Å². The van der Waals surface area contributed by atoms with E-state index in [-0.39, 0.29) is 21.5 Å². The Morgan fingerprint density at radius 1 is 1.25 bits per heavy atom. The first kappa shape index (κ1) is 13.4. The number of amides is 2. The van der Waals surface area contributed by atoms with Gasteiger partial charge in [-0.3, -0.25) is 0 Å². The third kappa shape index (κ3) is 2.07. The van der Waals surface area contributed by atoms with Crippen molar-refractivity contribution in [1.82, 2.24) is 4.31 Å². The number of fused-ring (bicyclic) bond motifs is 1. The first-order valence-corrected chi connectivity index (χ1v) is 8.34. The molecule has 0 bridgehead atoms. The number of rotatable bonds is 2. The first-order valence-electron chi connectivity index (χ1n) is 5.65. The van der Waals surface area contributed by atoms with Gasteiger partial charge in [0.1, 0.15) is 9.23 Å². The van der Waals surface area contributed by atoms with Gasteiger partial charge in [-0.05, 0) is 5.56 Å². The quantitative estimate of drug-likeness (QED) is 0.921. The van der Waals surface area contributed by atoms with E-state index in [4.69, 9.17) is 11.6 Å². The van der Waals surface area contributed by atoms with Crippen LogP contribution in [-0.4, -0.2) is 18.8 Å². The number of benzene rings is 1. The van der Waals surface area contributed by atoms with Crippen LogP contribution >= 0.6 is 22.9 Å². The molecule has 20 heavy (non-hydrogen) atoms. The van der Waals surface area contributed by atoms with E-state index in [9.17, 15) is 13.2 Å². The predicted molar refractivity (Wildman–Crippen MR) is 77.5 cm³/mol. The Bertz CT molecular complexity index is 771. The summed E-state index contributed by atoms with van der Waals surface area (Å²) < 4.78 is 26.0. The lowest BCUT2D eigenvalue weighted by Gasteiger charge is -2.27. The van der Waals surface area contributed by atoms with Crippen LogP contribution in [0.5, 0.6) is 0 Å². The molecule has 1 aliphatic rings. The fraction of sp³-hybridized carbons (Fsp3) is 0.0833. The molecule has 0 spiro atoms. The molecule has 0 fully saturated rings. The maximum absolute atomic E-state index is 12.4. The average molecular weight is 329 g/mol. The summed E-state index contributed by atoms with van der Waals surface area (Å²) in [5, 5.41) is 3.96. The van der Waals surface area contributed by atoms with Gasteiger partial charge in [0.25, 0.3) is 10.0 Å². The van der Waals surface area contributed by atoms with E-state index < -0.39 is 16.1 Å². The number of nitrogens with one attached hydrogen (secondary N) is 1. The molecule has 0 saturated carbocycles. The van der Waals surface area contributed by atoms with Crippen molar-refractivity contribution >= 4 is 44.7 Å². The standard InChI is InChI=1S/C12H9ClN2O3S2/c13-11-10-9(7-19-11)20(17,18)15(12(16)14-10)6-8-4-2-1-3-5-8/h1-5,7H,6H2,(H,14,16). The number of thiophene rings is 1. The number of hydrogen-bond acceptors (Lipinski definition) is 4. The van der Waals surface area contributed by atoms with Crippen LogP contribution in [0.4, 0.5) is 10.5 Å². The monoisotopic (exact) mass is 328 g/mol. The van der Waals surface area contributed by atoms with Crippen molar-refractivity contribution in [3.05, 3.63) is 45.6 Å². The number of sulfonamides is 1. The highest BCUT2D eigenvalue weighted by Gasteiger charge is 2.38. The molecular formula is C12H9ClN2O3S2. The minimum atomic E-state index is -3.86. The van der Waals surface area contributed by atoms with Gasteiger partial charge < -0.3 is 5.32 Å². The molecule has 1 N–H and O–H groups in total. The molecule has 0 unspecified atom stereocenters. The molecule has 2 heterocycles. The lowest BCUT2D eigenvalue weighted by molar-refractivity contribution is 0.233. The second-order valence-electron chi connectivity index (χ2n) is 4.18. The van der Waals surface area contributed by atoms with Gasteiger partial charge in [0.15, 0.2) is 0 Å². The van der Waals surface area contributed by atoms with Crippen molar-refractivity contribution in [1.29, 1.82) is 0 Å². The van der Waals surface area contributed by atoms with E-state index in [2.05, 4.69) is 5.32 Å². The van der Waals surface area contributed by atoms with E-state index in [1.165, 1.54) is 5.38 Å². The zero-order valence-corrected chi connectivity index (χ0v) is 12.4. The number of hydrogen-bond donors (Lipinski definition) is 1. The number of halogens is 1. The Kier molecular flexibility index (Phi) is 3.19. The van der Waals surface area contributed by atoms with Crippen LogP contribution in [0.1, 0.15) is 5.56 Å². The lowest BCUT2D eigenvalue weighted by Crippen LogP contribution is -2.42. The minimum absolute atomic E-state index is 0.0120. The van der Waals surface area contributed by atoms with Crippen LogP contribution in [-0.2, 0) is 16.6 Å². The van der Waals surface area contributed by atoms with Crippen LogP contribution < -0.4 is 5.32 Å². The first-order chi connectivity index (χ1) is 9.50. The molecule has 0 saturated heterocycles. The Hall–Kier alpha value is -1.57. The third-order valence-corrected chi connectivity index (χ3v) is 6.03. The van der Waals surface area contributed by atoms with Crippen LogP contribution in [0.2, 0.25) is 4.34 Å². The van der Waals surface area contributed by atoms with Gasteiger partial charge in [-0.1, -0.05) is 41.9 Å². The van der Waals surface area contributed by atoms with Crippen molar-refractivity contribution < 1.29 is 13.2 Å². The average Bonchev–Trinajstić information content (AvgIpc) is 2.78. The Morgan fingerprint density at radius 3 is 2.65 bits per heavy atom. The van der Waals surface area contributed by atoms with Gasteiger partial charge >= 0.3 is 6.03 Å². The van der Waals surface area contributed by atoms with E-state index in [1.807, 2.05) is 6.07 Å². The van der Waals surface area contributed by atoms with Gasteiger partial charge in [-0.2, -0.15) is 0 Å². The highest BCUT2D eigenvalue weighted by Crippen LogP contribution is 2.40. The largest absolute Gasteiger partial charge is 0.336 e. The van der Waals surface area contributed by atoms with Crippen molar-refractivity contribution in [2.45, 2.75) is 11.4 Å². The van der Waals surface area contributed by atoms with E-state index >= 15 is 0 Å². The normalized spacial score (nSPS) is 16.6. The van der Waals surface area contributed by atoms with Gasteiger partial charge in [0.05, 0.1) is 12.2 Å². The van der Waals surface area contributed by atoms with Crippen molar-refractivity contribution in [3.8, 4) is 0 Å². The number of urea groups is 1. The maximum atomic E-state index is 12.4. The summed E-state index contributed by atoms with van der Waals surface area (Å²) in [7, 11) is -3.86. The highest BCUT2D eigenvalue weighted by atomic mass is 35.5. The molecule has 1 aromatic heterocycles. The molecule has 104 valence electrons. The SMILES string of the molecule is O=C1Nc2c(csc2Cl)S(=O)(=O)N1Cc1ccccc1. The Labute approximate surface area is 124 Å². The summed E-state index contributed by atoms with van der Waals surface area (Å²) in [6.07, 6.45) is 0.